The molecule has 6 heteroatoms. The van der Waals surface area contributed by atoms with Crippen molar-refractivity contribution < 1.29 is 4.42 Å². The summed E-state index contributed by atoms with van der Waals surface area (Å²) in [6.45, 7) is 5.85. The molecule has 0 amide bonds. The average molecular weight is 257 g/mol. The molecule has 1 N–H and O–H groups in total. The first-order valence-corrected chi connectivity index (χ1v) is 6.14. The minimum absolute atomic E-state index is 0.0767. The van der Waals surface area contributed by atoms with Crippen molar-refractivity contribution in [1.82, 2.24) is 19.6 Å². The highest BCUT2D eigenvalue weighted by molar-refractivity contribution is 5.44. The third-order valence-electron chi connectivity index (χ3n) is 2.83. The number of nitrogens with zero attached hydrogens (tertiary/aromatic N) is 4. The highest BCUT2D eigenvalue weighted by Crippen LogP contribution is 2.17. The van der Waals surface area contributed by atoms with Crippen molar-refractivity contribution in [2.45, 2.75) is 26.8 Å². The van der Waals surface area contributed by atoms with Gasteiger partial charge < -0.3 is 9.73 Å². The number of anilines is 1. The van der Waals surface area contributed by atoms with Gasteiger partial charge in [-0.05, 0) is 32.4 Å². The SMILES string of the molecule is Cc1ccc2nc(NC(C)c3ncc(C)o3)nn2c1. The van der Waals surface area contributed by atoms with E-state index in [4.69, 9.17) is 4.42 Å². The summed E-state index contributed by atoms with van der Waals surface area (Å²) >= 11 is 0. The molecule has 0 spiro atoms. The number of rotatable bonds is 3. The first-order valence-electron chi connectivity index (χ1n) is 6.14. The van der Waals surface area contributed by atoms with Gasteiger partial charge in [0.15, 0.2) is 5.65 Å². The van der Waals surface area contributed by atoms with Gasteiger partial charge in [-0.3, -0.25) is 0 Å². The Kier molecular flexibility index (Phi) is 2.70. The largest absolute Gasteiger partial charge is 0.444 e. The molecule has 0 saturated carbocycles. The molecule has 3 rings (SSSR count). The second-order valence-electron chi connectivity index (χ2n) is 4.62. The monoisotopic (exact) mass is 257 g/mol. The van der Waals surface area contributed by atoms with E-state index < -0.39 is 0 Å². The van der Waals surface area contributed by atoms with Crippen LogP contribution >= 0.6 is 0 Å². The number of hydrogen-bond donors (Lipinski definition) is 1. The van der Waals surface area contributed by atoms with Crippen LogP contribution in [-0.4, -0.2) is 19.6 Å². The predicted molar refractivity (Wildman–Crippen MR) is 71.0 cm³/mol. The topological polar surface area (TPSA) is 68.2 Å². The molecule has 0 aliphatic heterocycles. The van der Waals surface area contributed by atoms with Gasteiger partial charge in [0, 0.05) is 6.20 Å². The number of nitrogens with one attached hydrogen (secondary N) is 1. The van der Waals surface area contributed by atoms with E-state index in [1.807, 2.05) is 39.1 Å². The molecule has 0 aliphatic rings. The first-order chi connectivity index (χ1) is 9.11. The van der Waals surface area contributed by atoms with Crippen molar-refractivity contribution in [3.8, 4) is 0 Å². The third-order valence-corrected chi connectivity index (χ3v) is 2.83. The summed E-state index contributed by atoms with van der Waals surface area (Å²) in [5, 5.41) is 7.55. The Morgan fingerprint density at radius 1 is 1.32 bits per heavy atom. The van der Waals surface area contributed by atoms with Gasteiger partial charge in [0.05, 0.1) is 6.20 Å². The summed E-state index contributed by atoms with van der Waals surface area (Å²) in [6, 6.07) is 3.87. The highest BCUT2D eigenvalue weighted by atomic mass is 16.4. The zero-order chi connectivity index (χ0) is 13.4. The van der Waals surface area contributed by atoms with Gasteiger partial charge in [-0.2, -0.15) is 4.98 Å². The Morgan fingerprint density at radius 3 is 2.89 bits per heavy atom. The van der Waals surface area contributed by atoms with Crippen molar-refractivity contribution in [3.05, 3.63) is 41.7 Å². The summed E-state index contributed by atoms with van der Waals surface area (Å²) in [5.74, 6) is 1.99. The third kappa shape index (κ3) is 2.29. The quantitative estimate of drug-likeness (QED) is 0.780. The van der Waals surface area contributed by atoms with Crippen molar-refractivity contribution in [2.75, 3.05) is 5.32 Å². The van der Waals surface area contributed by atoms with Crippen LogP contribution in [0.4, 0.5) is 5.95 Å². The van der Waals surface area contributed by atoms with E-state index in [-0.39, 0.29) is 6.04 Å². The number of pyridine rings is 1. The maximum atomic E-state index is 5.47. The second kappa shape index (κ2) is 4.38. The lowest BCUT2D eigenvalue weighted by molar-refractivity contribution is 0.453. The van der Waals surface area contributed by atoms with Crippen LogP contribution in [0.3, 0.4) is 0 Å². The number of oxazole rings is 1. The fraction of sp³-hybridized carbons (Fsp3) is 0.308. The minimum Gasteiger partial charge on any atom is -0.444 e. The van der Waals surface area contributed by atoms with Gasteiger partial charge in [-0.1, -0.05) is 6.07 Å². The summed E-state index contributed by atoms with van der Waals surface area (Å²) < 4.78 is 7.23. The highest BCUT2D eigenvalue weighted by Gasteiger charge is 2.13. The molecule has 0 bridgehead atoms. The van der Waals surface area contributed by atoms with Gasteiger partial charge in [0.25, 0.3) is 0 Å². The van der Waals surface area contributed by atoms with Gasteiger partial charge in [0.1, 0.15) is 11.8 Å². The lowest BCUT2D eigenvalue weighted by Crippen LogP contribution is -2.08. The van der Waals surface area contributed by atoms with Crippen LogP contribution in [0.2, 0.25) is 0 Å². The van der Waals surface area contributed by atoms with Gasteiger partial charge in [-0.25, -0.2) is 9.50 Å². The van der Waals surface area contributed by atoms with Crippen molar-refractivity contribution >= 4 is 11.6 Å². The molecule has 0 fully saturated rings. The van der Waals surface area contributed by atoms with Crippen LogP contribution in [0.5, 0.6) is 0 Å². The summed E-state index contributed by atoms with van der Waals surface area (Å²) in [7, 11) is 0. The Hall–Kier alpha value is -2.37. The molecule has 98 valence electrons. The minimum atomic E-state index is -0.0767. The Morgan fingerprint density at radius 2 is 2.16 bits per heavy atom. The van der Waals surface area contributed by atoms with E-state index in [0.717, 1.165) is 17.0 Å². The molecule has 19 heavy (non-hydrogen) atoms. The van der Waals surface area contributed by atoms with Crippen LogP contribution < -0.4 is 5.32 Å². The molecule has 1 unspecified atom stereocenters. The molecule has 6 nitrogen and oxygen atoms in total. The van der Waals surface area contributed by atoms with Crippen LogP contribution in [0.15, 0.2) is 28.9 Å². The second-order valence-corrected chi connectivity index (χ2v) is 4.62. The standard InChI is InChI=1S/C13H15N5O/c1-8-4-5-11-16-13(17-18(11)7-8)15-10(3)12-14-6-9(2)19-12/h4-7,10H,1-3H3,(H,15,17). The lowest BCUT2D eigenvalue weighted by atomic mass is 10.3. The lowest BCUT2D eigenvalue weighted by Gasteiger charge is -2.07. The zero-order valence-electron chi connectivity index (χ0n) is 11.1. The molecule has 0 aliphatic carbocycles. The molecule has 3 aromatic heterocycles. The van der Waals surface area contributed by atoms with Crippen LogP contribution in [0.25, 0.3) is 5.65 Å². The maximum absolute atomic E-state index is 5.47. The van der Waals surface area contributed by atoms with Crippen LogP contribution in [0.1, 0.15) is 30.2 Å². The van der Waals surface area contributed by atoms with Crippen molar-refractivity contribution in [1.29, 1.82) is 0 Å². The number of hydrogen-bond acceptors (Lipinski definition) is 5. The zero-order valence-corrected chi connectivity index (χ0v) is 11.1. The summed E-state index contributed by atoms with van der Waals surface area (Å²) in [4.78, 5) is 8.59. The van der Waals surface area contributed by atoms with Gasteiger partial charge in [0.2, 0.25) is 11.8 Å². The van der Waals surface area contributed by atoms with Gasteiger partial charge >= 0.3 is 0 Å². The Labute approximate surface area is 110 Å². The van der Waals surface area contributed by atoms with E-state index in [0.29, 0.717) is 11.8 Å². The van der Waals surface area contributed by atoms with E-state index in [2.05, 4.69) is 20.4 Å². The van der Waals surface area contributed by atoms with Gasteiger partial charge in [-0.15, -0.1) is 5.10 Å². The molecule has 0 saturated heterocycles. The molecular formula is C13H15N5O. The summed E-state index contributed by atoms with van der Waals surface area (Å²) in [5.41, 5.74) is 1.95. The predicted octanol–water partition coefficient (Wildman–Crippen LogP) is 2.51. The summed E-state index contributed by atoms with van der Waals surface area (Å²) in [6.07, 6.45) is 3.64. The Balaban J connectivity index is 1.85. The molecule has 0 radical (unpaired) electrons. The van der Waals surface area contributed by atoms with E-state index in [1.165, 1.54) is 0 Å². The maximum Gasteiger partial charge on any atom is 0.243 e. The van der Waals surface area contributed by atoms with E-state index in [9.17, 15) is 0 Å². The van der Waals surface area contributed by atoms with Crippen LogP contribution in [-0.2, 0) is 0 Å². The number of aryl methyl sites for hydroxylation is 2. The normalized spacial score (nSPS) is 12.8. The van der Waals surface area contributed by atoms with Crippen molar-refractivity contribution in [3.63, 3.8) is 0 Å². The molecule has 1 atom stereocenters. The Bertz CT molecular complexity index is 715. The first kappa shape index (κ1) is 11.7. The molecular weight excluding hydrogens is 242 g/mol. The number of aromatic nitrogens is 4. The molecule has 3 aromatic rings. The average Bonchev–Trinajstić information content (AvgIpc) is 2.94. The van der Waals surface area contributed by atoms with E-state index >= 15 is 0 Å². The van der Waals surface area contributed by atoms with E-state index in [1.54, 1.807) is 10.7 Å². The van der Waals surface area contributed by atoms with Crippen molar-refractivity contribution in [2.24, 2.45) is 0 Å². The smallest absolute Gasteiger partial charge is 0.243 e. The fourth-order valence-corrected chi connectivity index (χ4v) is 1.87. The molecule has 0 aromatic carbocycles. The molecule has 3 heterocycles. The fourth-order valence-electron chi connectivity index (χ4n) is 1.87. The van der Waals surface area contributed by atoms with Crippen LogP contribution in [0, 0.1) is 13.8 Å². The number of fused-ring (bicyclic) bond motifs is 1.